The molecular formula is C22H36F12O9S. The SMILES string of the molecule is CC(=O)O.CC(F)(F)C(F)(F)F.CCCC(=O)O.CCCCC(C)OC(F)(F)C(F)(F)S(=O)(=O)O.FC(F)(F)CCC1CO1. The van der Waals surface area contributed by atoms with E-state index in [-0.39, 0.29) is 25.9 Å². The standard InChI is InChI=1S/C8H14F4O4S.C5H7F3O.C4H8O2.C3H3F5.C2H4O2/c1-3-4-5-6(2)16-7(9,10)8(11,12)17(13,14)15;6-5(7,8)2-1-4-3-9-4;1-2-3-4(5)6;1-2(4,5)3(6,7)8;1-2(3)4/h6H,3-5H2,1-2H3,(H,13,14,15);4H,1-3H2;2-3H2,1H3,(H,5,6);1H3;1H3,(H,3,4). The van der Waals surface area contributed by atoms with Gasteiger partial charge in [0.1, 0.15) is 0 Å². The zero-order valence-corrected chi connectivity index (χ0v) is 24.9. The summed E-state index contributed by atoms with van der Waals surface area (Å²) in [6.07, 6.45) is -14.4. The van der Waals surface area contributed by atoms with Crippen molar-refractivity contribution in [2.45, 2.75) is 121 Å². The summed E-state index contributed by atoms with van der Waals surface area (Å²) in [6, 6.07) is 0. The van der Waals surface area contributed by atoms with Gasteiger partial charge < -0.3 is 19.7 Å². The van der Waals surface area contributed by atoms with Crippen LogP contribution >= 0.6 is 0 Å². The molecule has 1 fully saturated rings. The number of hydrogen-bond donors (Lipinski definition) is 3. The highest BCUT2D eigenvalue weighted by Gasteiger charge is 2.68. The summed E-state index contributed by atoms with van der Waals surface area (Å²) in [5.74, 6) is -6.11. The van der Waals surface area contributed by atoms with Crippen LogP contribution in [0.4, 0.5) is 52.7 Å². The number of ether oxygens (including phenoxy) is 2. The maximum absolute atomic E-state index is 12.9. The first-order valence-corrected chi connectivity index (χ1v) is 13.7. The Morgan fingerprint density at radius 3 is 1.52 bits per heavy atom. The van der Waals surface area contributed by atoms with Crippen LogP contribution in [-0.2, 0) is 29.2 Å². The number of carboxylic acid groups (broad SMARTS) is 2. The monoisotopic (exact) mass is 704 g/mol. The zero-order valence-electron chi connectivity index (χ0n) is 24.0. The molecule has 2 atom stereocenters. The van der Waals surface area contributed by atoms with E-state index in [1.54, 1.807) is 6.92 Å². The number of unbranched alkanes of at least 4 members (excludes halogenated alkanes) is 1. The Bertz CT molecular complexity index is 884. The lowest BCUT2D eigenvalue weighted by atomic mass is 10.2. The van der Waals surface area contributed by atoms with Gasteiger partial charge >= 0.3 is 45.7 Å². The predicted octanol–water partition coefficient (Wildman–Crippen LogP) is 7.55. The van der Waals surface area contributed by atoms with Crippen molar-refractivity contribution in [3.63, 3.8) is 0 Å². The molecule has 0 aliphatic carbocycles. The minimum atomic E-state index is -6.23. The van der Waals surface area contributed by atoms with Gasteiger partial charge in [-0.05, 0) is 26.2 Å². The zero-order chi connectivity index (χ0) is 36.4. The van der Waals surface area contributed by atoms with Crippen LogP contribution in [0.5, 0.6) is 0 Å². The molecule has 1 saturated heterocycles. The van der Waals surface area contributed by atoms with E-state index in [2.05, 4.69) is 9.47 Å². The average Bonchev–Trinajstić information content (AvgIpc) is 3.59. The first kappa shape index (κ1) is 48.8. The van der Waals surface area contributed by atoms with E-state index in [1.165, 1.54) is 0 Å². The number of alkyl halides is 12. The molecule has 0 radical (unpaired) electrons. The second-order valence-corrected chi connectivity index (χ2v) is 10.2. The molecule has 3 N–H and O–H groups in total. The van der Waals surface area contributed by atoms with Gasteiger partial charge in [-0.3, -0.25) is 14.1 Å². The maximum atomic E-state index is 12.9. The van der Waals surface area contributed by atoms with Gasteiger partial charge in [0, 0.05) is 26.7 Å². The topological polar surface area (TPSA) is 151 Å². The Balaban J connectivity index is -0.000000250. The van der Waals surface area contributed by atoms with E-state index >= 15 is 0 Å². The summed E-state index contributed by atoms with van der Waals surface area (Å²) >= 11 is 0. The molecule has 2 unspecified atom stereocenters. The number of epoxide rings is 1. The van der Waals surface area contributed by atoms with Crippen molar-refractivity contribution < 1.29 is 94.9 Å². The van der Waals surface area contributed by atoms with Crippen molar-refractivity contribution in [2.75, 3.05) is 6.61 Å². The molecule has 1 aliphatic heterocycles. The number of halogens is 12. The second kappa shape index (κ2) is 20.9. The third kappa shape index (κ3) is 28.7. The normalized spacial score (nSPS) is 15.8. The summed E-state index contributed by atoms with van der Waals surface area (Å²) in [5, 5.41) is 9.66. The fraction of sp³-hybridized carbons (Fsp3) is 0.909. The van der Waals surface area contributed by atoms with E-state index < -0.39 is 64.2 Å². The molecule has 1 heterocycles. The van der Waals surface area contributed by atoms with E-state index in [0.717, 1.165) is 20.3 Å². The minimum Gasteiger partial charge on any atom is -0.481 e. The molecule has 268 valence electrons. The lowest BCUT2D eigenvalue weighted by molar-refractivity contribution is -0.333. The van der Waals surface area contributed by atoms with Gasteiger partial charge in [0.2, 0.25) is 0 Å². The maximum Gasteiger partial charge on any atom is 0.459 e. The third-order valence-electron chi connectivity index (χ3n) is 4.09. The average molecular weight is 705 g/mol. The molecule has 0 amide bonds. The molecule has 0 aromatic rings. The molecule has 44 heavy (non-hydrogen) atoms. The second-order valence-electron chi connectivity index (χ2n) is 8.74. The van der Waals surface area contributed by atoms with Crippen LogP contribution in [0, 0.1) is 0 Å². The van der Waals surface area contributed by atoms with Crippen molar-refractivity contribution >= 4 is 22.1 Å². The lowest BCUT2D eigenvalue weighted by Crippen LogP contribution is -2.49. The van der Waals surface area contributed by atoms with Crippen LogP contribution in [0.25, 0.3) is 0 Å². The molecule has 1 aliphatic rings. The largest absolute Gasteiger partial charge is 0.481 e. The molecule has 0 saturated carbocycles. The predicted molar refractivity (Wildman–Crippen MR) is 129 cm³/mol. The smallest absolute Gasteiger partial charge is 0.459 e. The first-order chi connectivity index (χ1) is 19.3. The van der Waals surface area contributed by atoms with Crippen molar-refractivity contribution in [3.8, 4) is 0 Å². The summed E-state index contributed by atoms with van der Waals surface area (Å²) in [5.41, 5.74) is 0. The Morgan fingerprint density at radius 1 is 0.932 bits per heavy atom. The molecule has 0 aromatic heterocycles. The molecule has 0 aromatic carbocycles. The summed E-state index contributed by atoms with van der Waals surface area (Å²) in [7, 11) is -6.23. The van der Waals surface area contributed by atoms with Gasteiger partial charge in [0.25, 0.3) is 5.97 Å². The highest BCUT2D eigenvalue weighted by atomic mass is 32.2. The fourth-order valence-electron chi connectivity index (χ4n) is 1.80. The molecule has 0 spiro atoms. The molecule has 1 rings (SSSR count). The molecule has 22 heteroatoms. The Labute approximate surface area is 245 Å². The first-order valence-electron chi connectivity index (χ1n) is 12.2. The highest BCUT2D eigenvalue weighted by Crippen LogP contribution is 2.40. The van der Waals surface area contributed by atoms with Crippen molar-refractivity contribution in [2.24, 2.45) is 0 Å². The number of carbonyl (C=O) groups is 2. The number of rotatable bonds is 11. The highest BCUT2D eigenvalue weighted by molar-refractivity contribution is 7.86. The van der Waals surface area contributed by atoms with E-state index in [4.69, 9.17) is 19.6 Å². The summed E-state index contributed by atoms with van der Waals surface area (Å²) in [6.45, 7) is 6.12. The quantitative estimate of drug-likeness (QED) is 0.113. The van der Waals surface area contributed by atoms with Crippen molar-refractivity contribution in [1.29, 1.82) is 0 Å². The van der Waals surface area contributed by atoms with Gasteiger partial charge in [-0.1, -0.05) is 26.7 Å². The fourth-order valence-corrected chi connectivity index (χ4v) is 2.14. The Kier molecular flexibility index (Phi) is 23.1. The van der Waals surface area contributed by atoms with E-state index in [0.29, 0.717) is 25.9 Å². The van der Waals surface area contributed by atoms with Gasteiger partial charge in [-0.25, -0.2) is 0 Å². The molecular weight excluding hydrogens is 668 g/mol. The van der Waals surface area contributed by atoms with Crippen LogP contribution in [0.15, 0.2) is 0 Å². The summed E-state index contributed by atoms with van der Waals surface area (Å²) in [4.78, 5) is 18.6. The Morgan fingerprint density at radius 2 is 1.32 bits per heavy atom. The van der Waals surface area contributed by atoms with Crippen LogP contribution in [0.2, 0.25) is 0 Å². The van der Waals surface area contributed by atoms with Crippen LogP contribution < -0.4 is 0 Å². The molecule has 9 nitrogen and oxygen atoms in total. The summed E-state index contributed by atoms with van der Waals surface area (Å²) < 4.78 is 177. The molecule has 0 bridgehead atoms. The van der Waals surface area contributed by atoms with E-state index in [9.17, 15) is 65.9 Å². The van der Waals surface area contributed by atoms with Gasteiger partial charge in [0.05, 0.1) is 18.8 Å². The van der Waals surface area contributed by atoms with Gasteiger partial charge in [0.15, 0.2) is 0 Å². The van der Waals surface area contributed by atoms with Gasteiger partial charge in [-0.2, -0.15) is 61.1 Å². The van der Waals surface area contributed by atoms with Crippen LogP contribution in [0.1, 0.15) is 79.6 Å². The number of aliphatic carboxylic acids is 2. The number of hydrogen-bond acceptors (Lipinski definition) is 6. The van der Waals surface area contributed by atoms with Crippen molar-refractivity contribution in [3.05, 3.63) is 0 Å². The van der Waals surface area contributed by atoms with Crippen molar-refractivity contribution in [1.82, 2.24) is 0 Å². The third-order valence-corrected chi connectivity index (χ3v) is 4.98. The van der Waals surface area contributed by atoms with Crippen LogP contribution in [0.3, 0.4) is 0 Å². The minimum absolute atomic E-state index is 0.0770. The van der Waals surface area contributed by atoms with Crippen LogP contribution in [-0.4, -0.2) is 83.6 Å². The van der Waals surface area contributed by atoms with E-state index in [1.807, 2.05) is 6.92 Å². The Hall–Kier alpha value is -2.07. The number of carboxylic acids is 2. The lowest BCUT2D eigenvalue weighted by Gasteiger charge is -2.26. The van der Waals surface area contributed by atoms with Gasteiger partial charge in [-0.15, -0.1) is 0 Å².